The Balaban J connectivity index is 1.32. The van der Waals surface area contributed by atoms with Crippen LogP contribution in [0.5, 0.6) is 0 Å². The van der Waals surface area contributed by atoms with E-state index in [2.05, 4.69) is 50.2 Å². The van der Waals surface area contributed by atoms with Gasteiger partial charge in [-0.3, -0.25) is 0 Å². The Morgan fingerprint density at radius 1 is 1.04 bits per heavy atom. The van der Waals surface area contributed by atoms with E-state index in [1.807, 2.05) is 17.9 Å². The van der Waals surface area contributed by atoms with Gasteiger partial charge in [0.15, 0.2) is 17.0 Å². The number of hydrogen-bond donors (Lipinski definition) is 0. The molecule has 2 fully saturated rings. The van der Waals surface area contributed by atoms with Crippen LogP contribution in [0.25, 0.3) is 11.2 Å². The van der Waals surface area contributed by atoms with Crippen LogP contribution in [0.3, 0.4) is 0 Å². The molecular formula is C18H19N5. The summed E-state index contributed by atoms with van der Waals surface area (Å²) >= 11 is 0. The van der Waals surface area contributed by atoms with Crippen LogP contribution in [0.4, 0.5) is 5.82 Å². The Morgan fingerprint density at radius 2 is 1.83 bits per heavy atom. The molecule has 0 unspecified atom stereocenters. The molecule has 116 valence electrons. The van der Waals surface area contributed by atoms with Gasteiger partial charge in [0.1, 0.15) is 6.33 Å². The highest BCUT2D eigenvalue weighted by Gasteiger charge is 2.53. The Bertz CT molecular complexity index is 856. The number of fused-ring (bicyclic) bond motifs is 1. The molecule has 1 spiro atoms. The second kappa shape index (κ2) is 4.54. The summed E-state index contributed by atoms with van der Waals surface area (Å²) < 4.78 is 1.95. The van der Waals surface area contributed by atoms with Crippen molar-refractivity contribution in [1.29, 1.82) is 0 Å². The molecular weight excluding hydrogens is 286 g/mol. The number of imidazole rings is 1. The zero-order chi connectivity index (χ0) is 15.4. The number of aryl methyl sites for hydroxylation is 1. The normalized spacial score (nSPS) is 19.8. The van der Waals surface area contributed by atoms with E-state index in [0.717, 1.165) is 36.0 Å². The molecule has 3 heterocycles. The van der Waals surface area contributed by atoms with Crippen molar-refractivity contribution in [3.8, 4) is 0 Å². The summed E-state index contributed by atoms with van der Waals surface area (Å²) in [6, 6.07) is 10.9. The van der Waals surface area contributed by atoms with Crippen molar-refractivity contribution in [3.63, 3.8) is 0 Å². The highest BCUT2D eigenvalue weighted by molar-refractivity contribution is 5.83. The average molecular weight is 305 g/mol. The molecule has 1 saturated carbocycles. The lowest BCUT2D eigenvalue weighted by molar-refractivity contribution is 0.0629. The van der Waals surface area contributed by atoms with Gasteiger partial charge in [-0.1, -0.05) is 30.3 Å². The third-order valence-corrected chi connectivity index (χ3v) is 5.46. The topological polar surface area (TPSA) is 46.8 Å². The first-order valence-electron chi connectivity index (χ1n) is 8.16. The SMILES string of the molecule is Cn1cnc2c(N3CC4(CC(c5ccccc5)C4)C3)ncnc21. The van der Waals surface area contributed by atoms with Crippen molar-refractivity contribution >= 4 is 17.0 Å². The first kappa shape index (κ1) is 13.0. The number of nitrogens with zero attached hydrogens (tertiary/aromatic N) is 5. The molecule has 1 aliphatic carbocycles. The van der Waals surface area contributed by atoms with Gasteiger partial charge in [0, 0.05) is 25.6 Å². The molecule has 23 heavy (non-hydrogen) atoms. The van der Waals surface area contributed by atoms with Crippen LogP contribution >= 0.6 is 0 Å². The Kier molecular flexibility index (Phi) is 2.57. The summed E-state index contributed by atoms with van der Waals surface area (Å²) in [7, 11) is 1.97. The van der Waals surface area contributed by atoms with Crippen LogP contribution in [0, 0.1) is 5.41 Å². The van der Waals surface area contributed by atoms with Crippen molar-refractivity contribution in [3.05, 3.63) is 48.5 Å². The Labute approximate surface area is 135 Å². The molecule has 0 atom stereocenters. The van der Waals surface area contributed by atoms with Crippen molar-refractivity contribution in [2.75, 3.05) is 18.0 Å². The molecule has 2 aliphatic rings. The van der Waals surface area contributed by atoms with E-state index in [9.17, 15) is 0 Å². The molecule has 1 aliphatic heterocycles. The predicted octanol–water partition coefficient (Wildman–Crippen LogP) is 2.75. The molecule has 5 nitrogen and oxygen atoms in total. The minimum atomic E-state index is 0.493. The number of benzene rings is 1. The highest BCUT2D eigenvalue weighted by Crippen LogP contribution is 2.56. The highest BCUT2D eigenvalue weighted by atomic mass is 15.3. The van der Waals surface area contributed by atoms with Crippen LogP contribution in [-0.4, -0.2) is 32.6 Å². The predicted molar refractivity (Wildman–Crippen MR) is 89.4 cm³/mol. The quantitative estimate of drug-likeness (QED) is 0.730. The fraction of sp³-hybridized carbons (Fsp3) is 0.389. The van der Waals surface area contributed by atoms with Crippen LogP contribution in [0.2, 0.25) is 0 Å². The minimum absolute atomic E-state index is 0.493. The summed E-state index contributed by atoms with van der Waals surface area (Å²) in [6.07, 6.45) is 6.05. The third kappa shape index (κ3) is 1.89. The number of anilines is 1. The van der Waals surface area contributed by atoms with E-state index < -0.39 is 0 Å². The van der Waals surface area contributed by atoms with Gasteiger partial charge in [-0.15, -0.1) is 0 Å². The van der Waals surface area contributed by atoms with E-state index in [4.69, 9.17) is 0 Å². The average Bonchev–Trinajstić information content (AvgIpc) is 2.88. The van der Waals surface area contributed by atoms with Gasteiger partial charge >= 0.3 is 0 Å². The second-order valence-corrected chi connectivity index (χ2v) is 7.10. The summed E-state index contributed by atoms with van der Waals surface area (Å²) in [6.45, 7) is 2.19. The van der Waals surface area contributed by atoms with Crippen molar-refractivity contribution in [2.24, 2.45) is 12.5 Å². The van der Waals surface area contributed by atoms with Gasteiger partial charge in [-0.25, -0.2) is 15.0 Å². The van der Waals surface area contributed by atoms with Crippen LogP contribution in [-0.2, 0) is 7.05 Å². The monoisotopic (exact) mass is 305 g/mol. The van der Waals surface area contributed by atoms with Gasteiger partial charge in [0.05, 0.1) is 6.33 Å². The van der Waals surface area contributed by atoms with Crippen LogP contribution in [0.1, 0.15) is 24.3 Å². The summed E-state index contributed by atoms with van der Waals surface area (Å²) in [5.74, 6) is 1.73. The standard InChI is InChI=1S/C18H19N5/c1-22-12-21-15-16(22)19-11-20-17(15)23-9-18(10-23)7-14(8-18)13-5-3-2-4-6-13/h2-6,11-12,14H,7-10H2,1H3. The Hall–Kier alpha value is -2.43. The lowest BCUT2D eigenvalue weighted by Crippen LogP contribution is -2.62. The molecule has 0 bridgehead atoms. The van der Waals surface area contributed by atoms with Crippen molar-refractivity contribution in [1.82, 2.24) is 19.5 Å². The zero-order valence-corrected chi connectivity index (χ0v) is 13.2. The first-order chi connectivity index (χ1) is 11.2. The molecule has 3 aromatic rings. The van der Waals surface area contributed by atoms with Crippen molar-refractivity contribution < 1.29 is 0 Å². The Morgan fingerprint density at radius 3 is 2.61 bits per heavy atom. The van der Waals surface area contributed by atoms with E-state index >= 15 is 0 Å². The number of aromatic nitrogens is 4. The molecule has 0 amide bonds. The lowest BCUT2D eigenvalue weighted by Gasteiger charge is -2.59. The van der Waals surface area contributed by atoms with E-state index in [-0.39, 0.29) is 0 Å². The zero-order valence-electron chi connectivity index (χ0n) is 13.2. The summed E-state index contributed by atoms with van der Waals surface area (Å²) in [4.78, 5) is 15.6. The molecule has 1 saturated heterocycles. The maximum absolute atomic E-state index is 4.48. The van der Waals surface area contributed by atoms with Crippen LogP contribution < -0.4 is 4.90 Å². The molecule has 2 aromatic heterocycles. The van der Waals surface area contributed by atoms with Gasteiger partial charge in [0.2, 0.25) is 0 Å². The fourth-order valence-corrected chi connectivity index (χ4v) is 4.28. The first-order valence-corrected chi connectivity index (χ1v) is 8.16. The number of rotatable bonds is 2. The van der Waals surface area contributed by atoms with Crippen molar-refractivity contribution in [2.45, 2.75) is 18.8 Å². The second-order valence-electron chi connectivity index (χ2n) is 7.10. The van der Waals surface area contributed by atoms with E-state index in [1.54, 1.807) is 6.33 Å². The maximum Gasteiger partial charge on any atom is 0.165 e. The smallest absolute Gasteiger partial charge is 0.165 e. The summed E-state index contributed by atoms with van der Waals surface area (Å²) in [5, 5.41) is 0. The third-order valence-electron chi connectivity index (χ3n) is 5.46. The minimum Gasteiger partial charge on any atom is -0.353 e. The van der Waals surface area contributed by atoms with Gasteiger partial charge in [-0.2, -0.15) is 0 Å². The molecule has 0 N–H and O–H groups in total. The van der Waals surface area contributed by atoms with Gasteiger partial charge in [0.25, 0.3) is 0 Å². The molecule has 5 heteroatoms. The molecule has 1 aromatic carbocycles. The van der Waals surface area contributed by atoms with Gasteiger partial charge in [-0.05, 0) is 24.3 Å². The fourth-order valence-electron chi connectivity index (χ4n) is 4.28. The lowest BCUT2D eigenvalue weighted by atomic mass is 9.56. The maximum atomic E-state index is 4.48. The largest absolute Gasteiger partial charge is 0.353 e. The number of hydrogen-bond acceptors (Lipinski definition) is 4. The van der Waals surface area contributed by atoms with E-state index in [0.29, 0.717) is 5.41 Å². The van der Waals surface area contributed by atoms with Crippen LogP contribution in [0.15, 0.2) is 43.0 Å². The van der Waals surface area contributed by atoms with Gasteiger partial charge < -0.3 is 9.47 Å². The molecule has 5 rings (SSSR count). The summed E-state index contributed by atoms with van der Waals surface area (Å²) in [5.41, 5.74) is 3.81. The molecule has 0 radical (unpaired) electrons. The van der Waals surface area contributed by atoms with E-state index in [1.165, 1.54) is 18.4 Å².